The molecule has 1 heterocycles. The molecular weight excluding hydrogens is 240 g/mol. The molecule has 0 aliphatic rings. The van der Waals surface area contributed by atoms with Crippen molar-refractivity contribution in [2.24, 2.45) is 0 Å². The lowest BCUT2D eigenvalue weighted by atomic mass is 10.1. The Bertz CT molecular complexity index is 642. The molecule has 0 amide bonds. The smallest absolute Gasteiger partial charge is 0.305 e. The van der Waals surface area contributed by atoms with Crippen molar-refractivity contribution in [1.82, 2.24) is 4.98 Å². The molecule has 0 radical (unpaired) electrons. The molecule has 0 saturated heterocycles. The fraction of sp³-hybridized carbons (Fsp3) is 0.182. The Kier molecular flexibility index (Phi) is 2.81. The summed E-state index contributed by atoms with van der Waals surface area (Å²) in [6.45, 7) is 3.49. The van der Waals surface area contributed by atoms with Gasteiger partial charge < -0.3 is 4.98 Å². The van der Waals surface area contributed by atoms with E-state index in [0.717, 1.165) is 16.2 Å². The summed E-state index contributed by atoms with van der Waals surface area (Å²) in [5, 5.41) is 10.8. The monoisotopic (exact) mass is 250 g/mol. The number of hydrogen-bond acceptors (Lipinski definition) is 4. The van der Waals surface area contributed by atoms with Crippen LogP contribution in [0.3, 0.4) is 0 Å². The number of rotatable bonds is 2. The number of hydrogen-bond donors (Lipinski definition) is 1. The van der Waals surface area contributed by atoms with Crippen LogP contribution in [-0.2, 0) is 0 Å². The first-order valence-corrected chi connectivity index (χ1v) is 5.76. The van der Waals surface area contributed by atoms with Crippen molar-refractivity contribution in [1.29, 1.82) is 0 Å². The van der Waals surface area contributed by atoms with E-state index < -0.39 is 4.92 Å². The number of aryl methyl sites for hydroxylation is 2. The zero-order valence-corrected chi connectivity index (χ0v) is 10.1. The van der Waals surface area contributed by atoms with Crippen LogP contribution in [0.4, 0.5) is 5.69 Å². The number of nitrogens with zero attached hydrogens (tertiary/aromatic N) is 1. The second kappa shape index (κ2) is 4.14. The summed E-state index contributed by atoms with van der Waals surface area (Å²) < 4.78 is 0. The second-order valence-electron chi connectivity index (χ2n) is 3.70. The third-order valence-corrected chi connectivity index (χ3v) is 3.32. The Morgan fingerprint density at radius 2 is 2.06 bits per heavy atom. The fourth-order valence-corrected chi connectivity index (χ4v) is 2.34. The van der Waals surface area contributed by atoms with Gasteiger partial charge in [0.2, 0.25) is 0 Å². The predicted octanol–water partition coefficient (Wildman–Crippen LogP) is 2.63. The highest BCUT2D eigenvalue weighted by molar-refractivity contribution is 7.09. The number of nitro groups is 1. The van der Waals surface area contributed by atoms with Gasteiger partial charge in [-0.1, -0.05) is 23.5 Å². The van der Waals surface area contributed by atoms with Gasteiger partial charge in [-0.15, -0.1) is 0 Å². The standard InChI is InChI=1S/C11H10N2O3S/c1-6-3-4-8(5-9(6)13(15)16)10-7(2)17-11(14)12-10/h3-5H,1-2H3,(H,12,14). The minimum absolute atomic E-state index is 0.0638. The van der Waals surface area contributed by atoms with Crippen LogP contribution in [0.1, 0.15) is 10.4 Å². The average Bonchev–Trinajstić information content (AvgIpc) is 2.58. The van der Waals surface area contributed by atoms with E-state index >= 15 is 0 Å². The third-order valence-electron chi connectivity index (χ3n) is 2.52. The minimum atomic E-state index is -0.418. The molecule has 0 fully saturated rings. The van der Waals surface area contributed by atoms with E-state index in [-0.39, 0.29) is 10.6 Å². The highest BCUT2D eigenvalue weighted by atomic mass is 32.1. The Labute approximate surface area is 101 Å². The van der Waals surface area contributed by atoms with E-state index in [1.54, 1.807) is 19.1 Å². The van der Waals surface area contributed by atoms with Crippen LogP contribution in [0.25, 0.3) is 11.3 Å². The second-order valence-corrected chi connectivity index (χ2v) is 4.89. The van der Waals surface area contributed by atoms with Gasteiger partial charge in [0.1, 0.15) is 0 Å². The molecule has 17 heavy (non-hydrogen) atoms. The lowest BCUT2D eigenvalue weighted by Crippen LogP contribution is -1.95. The van der Waals surface area contributed by atoms with Gasteiger partial charge in [-0.2, -0.15) is 0 Å². The van der Waals surface area contributed by atoms with Crippen LogP contribution in [0.2, 0.25) is 0 Å². The summed E-state index contributed by atoms with van der Waals surface area (Å²) >= 11 is 1.10. The number of nitro benzene ring substituents is 1. The Morgan fingerprint density at radius 3 is 2.59 bits per heavy atom. The molecule has 0 aliphatic heterocycles. The molecule has 1 aromatic heterocycles. The molecule has 1 N–H and O–H groups in total. The van der Waals surface area contributed by atoms with E-state index in [2.05, 4.69) is 4.98 Å². The molecule has 0 saturated carbocycles. The van der Waals surface area contributed by atoms with Gasteiger partial charge in [0, 0.05) is 22.1 Å². The molecular formula is C11H10N2O3S. The fourth-order valence-electron chi connectivity index (χ4n) is 1.64. The summed E-state index contributed by atoms with van der Waals surface area (Å²) in [5.41, 5.74) is 1.99. The van der Waals surface area contributed by atoms with E-state index in [1.165, 1.54) is 6.07 Å². The molecule has 2 aromatic rings. The molecule has 2 rings (SSSR count). The van der Waals surface area contributed by atoms with E-state index in [0.29, 0.717) is 16.8 Å². The molecule has 0 spiro atoms. The lowest BCUT2D eigenvalue weighted by molar-refractivity contribution is -0.385. The van der Waals surface area contributed by atoms with Crippen molar-refractivity contribution in [2.75, 3.05) is 0 Å². The van der Waals surface area contributed by atoms with Gasteiger partial charge in [0.25, 0.3) is 5.69 Å². The number of aromatic amines is 1. The maximum atomic E-state index is 11.2. The van der Waals surface area contributed by atoms with Gasteiger partial charge in [0.05, 0.1) is 10.6 Å². The van der Waals surface area contributed by atoms with Crippen molar-refractivity contribution < 1.29 is 4.92 Å². The molecule has 1 aromatic carbocycles. The molecule has 0 bridgehead atoms. The summed E-state index contributed by atoms with van der Waals surface area (Å²) in [6.07, 6.45) is 0. The molecule has 0 aliphatic carbocycles. The Balaban J connectivity index is 2.61. The average molecular weight is 250 g/mol. The van der Waals surface area contributed by atoms with Crippen LogP contribution < -0.4 is 4.87 Å². The SMILES string of the molecule is Cc1ccc(-c2[nH]c(=O)sc2C)cc1[N+](=O)[O-]. The topological polar surface area (TPSA) is 76.0 Å². The van der Waals surface area contributed by atoms with Gasteiger partial charge in [-0.25, -0.2) is 0 Å². The van der Waals surface area contributed by atoms with Crippen molar-refractivity contribution in [3.05, 3.63) is 48.4 Å². The maximum Gasteiger partial charge on any atom is 0.305 e. The van der Waals surface area contributed by atoms with Gasteiger partial charge in [-0.05, 0) is 13.8 Å². The predicted molar refractivity (Wildman–Crippen MR) is 66.5 cm³/mol. The normalized spacial score (nSPS) is 10.5. The van der Waals surface area contributed by atoms with Crippen molar-refractivity contribution in [3.8, 4) is 11.3 Å². The number of H-pyrrole nitrogens is 1. The van der Waals surface area contributed by atoms with Crippen LogP contribution >= 0.6 is 11.3 Å². The van der Waals surface area contributed by atoms with E-state index in [1.807, 2.05) is 6.92 Å². The first-order chi connectivity index (χ1) is 7.99. The zero-order chi connectivity index (χ0) is 12.6. The first-order valence-electron chi connectivity index (χ1n) is 4.94. The third kappa shape index (κ3) is 2.12. The number of nitrogens with one attached hydrogen (secondary N) is 1. The highest BCUT2D eigenvalue weighted by Gasteiger charge is 2.14. The van der Waals surface area contributed by atoms with Crippen molar-refractivity contribution in [3.63, 3.8) is 0 Å². The van der Waals surface area contributed by atoms with Crippen LogP contribution in [-0.4, -0.2) is 9.91 Å². The van der Waals surface area contributed by atoms with Crippen molar-refractivity contribution >= 4 is 17.0 Å². The van der Waals surface area contributed by atoms with Gasteiger partial charge >= 0.3 is 4.87 Å². The Hall–Kier alpha value is -1.95. The molecule has 88 valence electrons. The molecule has 0 atom stereocenters. The highest BCUT2D eigenvalue weighted by Crippen LogP contribution is 2.28. The van der Waals surface area contributed by atoms with E-state index in [9.17, 15) is 14.9 Å². The van der Waals surface area contributed by atoms with Crippen LogP contribution in [0.15, 0.2) is 23.0 Å². The number of thiazole rings is 1. The van der Waals surface area contributed by atoms with E-state index in [4.69, 9.17) is 0 Å². The molecule has 5 nitrogen and oxygen atoms in total. The van der Waals surface area contributed by atoms with Gasteiger partial charge in [-0.3, -0.25) is 14.9 Å². The largest absolute Gasteiger partial charge is 0.312 e. The summed E-state index contributed by atoms with van der Waals surface area (Å²) in [4.78, 5) is 25.0. The Morgan fingerprint density at radius 1 is 1.35 bits per heavy atom. The summed E-state index contributed by atoms with van der Waals surface area (Å²) in [6, 6.07) is 4.94. The number of benzene rings is 1. The zero-order valence-electron chi connectivity index (χ0n) is 9.31. The first kappa shape index (κ1) is 11.5. The quantitative estimate of drug-likeness (QED) is 0.657. The molecule has 0 unspecified atom stereocenters. The number of aromatic nitrogens is 1. The summed E-state index contributed by atoms with van der Waals surface area (Å²) in [5.74, 6) is 0. The van der Waals surface area contributed by atoms with Gasteiger partial charge in [0.15, 0.2) is 0 Å². The van der Waals surface area contributed by atoms with Crippen LogP contribution in [0.5, 0.6) is 0 Å². The minimum Gasteiger partial charge on any atom is -0.312 e. The summed E-state index contributed by atoms with van der Waals surface area (Å²) in [7, 11) is 0. The lowest BCUT2D eigenvalue weighted by Gasteiger charge is -2.02. The van der Waals surface area contributed by atoms with Crippen molar-refractivity contribution in [2.45, 2.75) is 13.8 Å². The maximum absolute atomic E-state index is 11.2. The van der Waals surface area contributed by atoms with Crippen LogP contribution in [0, 0.1) is 24.0 Å². The molecule has 6 heteroatoms.